The Labute approximate surface area is 172 Å². The number of hydrogen-bond acceptors (Lipinski definition) is 4. The lowest BCUT2D eigenvalue weighted by Gasteiger charge is -2.17. The summed E-state index contributed by atoms with van der Waals surface area (Å²) in [6.45, 7) is 3.08. The number of hydrogen-bond donors (Lipinski definition) is 3. The molecule has 2 aromatic heterocycles. The first kappa shape index (κ1) is 18.4. The second-order valence-corrected chi connectivity index (χ2v) is 7.59. The van der Waals surface area contributed by atoms with Crippen molar-refractivity contribution in [2.75, 3.05) is 25.5 Å². The number of aryl methyl sites for hydroxylation is 1. The number of rotatable bonds is 0. The number of benzene rings is 1. The van der Waals surface area contributed by atoms with Crippen LogP contribution in [-0.4, -0.2) is 52.1 Å². The predicted octanol–water partition coefficient (Wildman–Crippen LogP) is 2.81. The number of fused-ring (bicyclic) bond motifs is 4. The van der Waals surface area contributed by atoms with E-state index in [9.17, 15) is 9.59 Å². The zero-order chi connectivity index (χ0) is 20.8. The van der Waals surface area contributed by atoms with Crippen LogP contribution in [0.3, 0.4) is 0 Å². The number of likely N-dealkylation sites (N-methyl/N-ethyl adjacent to an activating group) is 1. The topological polar surface area (TPSA) is 103 Å². The van der Waals surface area contributed by atoms with E-state index in [4.69, 9.17) is 4.74 Å². The Morgan fingerprint density at radius 3 is 2.87 bits per heavy atom. The van der Waals surface area contributed by atoms with Crippen molar-refractivity contribution in [3.8, 4) is 11.1 Å². The van der Waals surface area contributed by atoms with E-state index in [1.807, 2.05) is 31.2 Å². The number of ether oxygens (including phenoxy) is 1. The van der Waals surface area contributed by atoms with E-state index in [1.165, 1.54) is 0 Å². The van der Waals surface area contributed by atoms with E-state index in [0.717, 1.165) is 33.8 Å². The van der Waals surface area contributed by atoms with Crippen molar-refractivity contribution in [1.82, 2.24) is 20.1 Å². The third-order valence-electron chi connectivity index (χ3n) is 5.50. The third kappa shape index (κ3) is 3.02. The highest BCUT2D eigenvalue weighted by molar-refractivity contribution is 6.35. The first-order valence-electron chi connectivity index (χ1n) is 9.74. The van der Waals surface area contributed by atoms with Crippen molar-refractivity contribution in [2.45, 2.75) is 13.5 Å². The first-order valence-corrected chi connectivity index (χ1v) is 9.74. The van der Waals surface area contributed by atoms with Crippen LogP contribution >= 0.6 is 0 Å². The number of aromatic amines is 2. The van der Waals surface area contributed by atoms with Gasteiger partial charge in [-0.2, -0.15) is 5.10 Å². The van der Waals surface area contributed by atoms with E-state index >= 15 is 0 Å². The Morgan fingerprint density at radius 1 is 1.13 bits per heavy atom. The summed E-state index contributed by atoms with van der Waals surface area (Å²) in [5.41, 5.74) is 6.77. The van der Waals surface area contributed by atoms with Crippen molar-refractivity contribution in [1.29, 1.82) is 0 Å². The van der Waals surface area contributed by atoms with Gasteiger partial charge in [-0.05, 0) is 36.8 Å². The molecule has 1 aromatic carbocycles. The minimum absolute atomic E-state index is 0.126. The molecule has 0 saturated heterocycles. The molecule has 0 aliphatic carbocycles. The standard InChI is InChI=1S/C22H21N5O3/c1-12-7-16-19(24-12)9-15-14-8-13(3-4-18(14)25-21(15)28)17-10-23-26-20(17)11-30-6-5-27(2)22(16)29/h3-4,7-10,24H,5-6,11H2,1-2H3,(H,23,26)(H,25,28)/b15-9-. The number of carbonyl (C=O) groups excluding carboxylic acids is 2. The Balaban J connectivity index is 1.70. The number of nitrogens with one attached hydrogen (secondary N) is 3. The molecule has 3 aromatic rings. The van der Waals surface area contributed by atoms with Crippen LogP contribution in [0.4, 0.5) is 5.69 Å². The van der Waals surface area contributed by atoms with Crippen LogP contribution in [0.1, 0.15) is 33.0 Å². The van der Waals surface area contributed by atoms with E-state index in [1.54, 1.807) is 24.2 Å². The van der Waals surface area contributed by atoms with E-state index in [2.05, 4.69) is 20.5 Å². The van der Waals surface area contributed by atoms with Gasteiger partial charge >= 0.3 is 0 Å². The molecule has 2 amide bonds. The molecule has 2 aliphatic rings. The average molecular weight is 403 g/mol. The molecule has 3 N–H and O–H groups in total. The minimum atomic E-state index is -0.193. The molecule has 152 valence electrons. The number of nitrogens with zero attached hydrogens (tertiary/aromatic N) is 2. The summed E-state index contributed by atoms with van der Waals surface area (Å²) in [4.78, 5) is 30.6. The smallest absolute Gasteiger partial charge is 0.256 e. The molecule has 30 heavy (non-hydrogen) atoms. The van der Waals surface area contributed by atoms with Gasteiger partial charge in [0, 0.05) is 36.1 Å². The van der Waals surface area contributed by atoms with Crippen LogP contribution in [0.25, 0.3) is 22.8 Å². The van der Waals surface area contributed by atoms with Crippen LogP contribution < -0.4 is 5.32 Å². The molecular weight excluding hydrogens is 382 g/mol. The maximum atomic E-state index is 13.0. The molecule has 0 fully saturated rings. The Bertz CT molecular complexity index is 1200. The predicted molar refractivity (Wildman–Crippen MR) is 113 cm³/mol. The molecule has 4 heterocycles. The van der Waals surface area contributed by atoms with Gasteiger partial charge in [-0.3, -0.25) is 14.7 Å². The van der Waals surface area contributed by atoms with Gasteiger partial charge in [-0.15, -0.1) is 0 Å². The first-order chi connectivity index (χ1) is 14.5. The molecule has 8 nitrogen and oxygen atoms in total. The molecule has 2 bridgehead atoms. The van der Waals surface area contributed by atoms with Crippen molar-refractivity contribution < 1.29 is 14.3 Å². The van der Waals surface area contributed by atoms with Gasteiger partial charge in [0.1, 0.15) is 0 Å². The maximum absolute atomic E-state index is 13.0. The van der Waals surface area contributed by atoms with Gasteiger partial charge < -0.3 is 19.9 Å². The summed E-state index contributed by atoms with van der Waals surface area (Å²) in [5.74, 6) is -0.319. The summed E-state index contributed by atoms with van der Waals surface area (Å²) in [7, 11) is 1.74. The zero-order valence-corrected chi connectivity index (χ0v) is 16.7. The molecule has 0 atom stereocenters. The Hall–Kier alpha value is -3.65. The van der Waals surface area contributed by atoms with Gasteiger partial charge in [0.15, 0.2) is 0 Å². The van der Waals surface area contributed by atoms with Crippen LogP contribution in [0, 0.1) is 6.92 Å². The molecule has 5 rings (SSSR count). The molecule has 0 spiro atoms. The zero-order valence-electron chi connectivity index (χ0n) is 16.7. The van der Waals surface area contributed by atoms with E-state index in [0.29, 0.717) is 36.6 Å². The van der Waals surface area contributed by atoms with Crippen LogP contribution in [-0.2, 0) is 16.1 Å². The van der Waals surface area contributed by atoms with Gasteiger partial charge in [-0.1, -0.05) is 6.07 Å². The monoisotopic (exact) mass is 403 g/mol. The van der Waals surface area contributed by atoms with Gasteiger partial charge in [0.2, 0.25) is 0 Å². The van der Waals surface area contributed by atoms with Crippen LogP contribution in [0.5, 0.6) is 0 Å². The molecule has 2 aliphatic heterocycles. The molecule has 0 radical (unpaired) electrons. The third-order valence-corrected chi connectivity index (χ3v) is 5.50. The minimum Gasteiger partial charge on any atom is -0.373 e. The second kappa shape index (κ2) is 7.00. The van der Waals surface area contributed by atoms with Gasteiger partial charge in [0.05, 0.1) is 41.9 Å². The lowest BCUT2D eigenvalue weighted by molar-refractivity contribution is -0.110. The van der Waals surface area contributed by atoms with Crippen molar-refractivity contribution in [2.24, 2.45) is 0 Å². The molecule has 0 saturated carbocycles. The lowest BCUT2D eigenvalue weighted by atomic mass is 9.99. The van der Waals surface area contributed by atoms with Gasteiger partial charge in [0.25, 0.3) is 11.8 Å². The second-order valence-electron chi connectivity index (χ2n) is 7.59. The quantitative estimate of drug-likeness (QED) is 0.537. The largest absolute Gasteiger partial charge is 0.373 e. The highest BCUT2D eigenvalue weighted by Gasteiger charge is 2.27. The van der Waals surface area contributed by atoms with Crippen molar-refractivity contribution >= 4 is 29.2 Å². The summed E-state index contributed by atoms with van der Waals surface area (Å²) >= 11 is 0. The fourth-order valence-corrected chi connectivity index (χ4v) is 3.90. The van der Waals surface area contributed by atoms with Crippen molar-refractivity contribution in [3.05, 3.63) is 58.7 Å². The highest BCUT2D eigenvalue weighted by Crippen LogP contribution is 2.37. The Kier molecular flexibility index (Phi) is 4.29. The number of carbonyl (C=O) groups is 2. The molecular formula is C22H21N5O3. The fraction of sp³-hybridized carbons (Fsp3) is 0.227. The summed E-state index contributed by atoms with van der Waals surface area (Å²) in [5, 5.41) is 10.1. The van der Waals surface area contributed by atoms with E-state index in [-0.39, 0.29) is 11.8 Å². The van der Waals surface area contributed by atoms with Crippen molar-refractivity contribution in [3.63, 3.8) is 0 Å². The summed E-state index contributed by atoms with van der Waals surface area (Å²) in [6, 6.07) is 7.62. The fourth-order valence-electron chi connectivity index (χ4n) is 3.90. The lowest BCUT2D eigenvalue weighted by Crippen LogP contribution is -2.30. The van der Waals surface area contributed by atoms with Crippen LogP contribution in [0.2, 0.25) is 0 Å². The number of H-pyrrole nitrogens is 2. The average Bonchev–Trinajstić information content (AvgIpc) is 3.41. The molecule has 8 heteroatoms. The summed E-state index contributed by atoms with van der Waals surface area (Å²) < 4.78 is 5.80. The normalized spacial score (nSPS) is 18.1. The van der Waals surface area contributed by atoms with Crippen LogP contribution in [0.15, 0.2) is 30.5 Å². The Morgan fingerprint density at radius 2 is 2.00 bits per heavy atom. The highest BCUT2D eigenvalue weighted by atomic mass is 16.5. The number of aromatic nitrogens is 3. The summed E-state index contributed by atoms with van der Waals surface area (Å²) in [6.07, 6.45) is 3.51. The number of amides is 2. The van der Waals surface area contributed by atoms with Gasteiger partial charge in [-0.25, -0.2) is 0 Å². The maximum Gasteiger partial charge on any atom is 0.256 e. The number of anilines is 1. The SMILES string of the molecule is Cc1cc2c([nH]1)/C=C1\C(=O)Nc3ccc(cc31)-c1cn[nH]c1COCCN(C)C2=O. The van der Waals surface area contributed by atoms with E-state index < -0.39 is 0 Å². The molecule has 0 unspecified atom stereocenters.